The highest BCUT2D eigenvalue weighted by molar-refractivity contribution is 5.81. The van der Waals surface area contributed by atoms with Crippen molar-refractivity contribution in [3.05, 3.63) is 0 Å². The smallest absolute Gasteiger partial charge is 0.321 e. The number of likely N-dealkylation sites (N-methyl/N-ethyl adjacent to an activating group) is 1. The Morgan fingerprint density at radius 2 is 2.14 bits per heavy atom. The minimum absolute atomic E-state index is 0.129. The van der Waals surface area contributed by atoms with Gasteiger partial charge in [0.2, 0.25) is 0 Å². The van der Waals surface area contributed by atoms with Gasteiger partial charge in [-0.15, -0.1) is 0 Å². The molecule has 0 rings (SSSR count). The molecule has 2 N–H and O–H groups in total. The third-order valence-electron chi connectivity index (χ3n) is 1.78. The third-order valence-corrected chi connectivity index (χ3v) is 1.78. The summed E-state index contributed by atoms with van der Waals surface area (Å²) < 4.78 is 4.82. The van der Waals surface area contributed by atoms with E-state index >= 15 is 0 Å². The van der Waals surface area contributed by atoms with Gasteiger partial charge in [-0.05, 0) is 13.5 Å². The summed E-state index contributed by atoms with van der Waals surface area (Å²) in [7, 11) is 1.50. The van der Waals surface area contributed by atoms with Crippen molar-refractivity contribution in [2.45, 2.75) is 32.2 Å². The van der Waals surface area contributed by atoms with Crippen molar-refractivity contribution in [1.29, 1.82) is 0 Å². The monoisotopic (exact) mass is 203 g/mol. The molecule has 0 aromatic carbocycles. The molecular formula is C9H17NO4. The third kappa shape index (κ3) is 5.53. The van der Waals surface area contributed by atoms with E-state index in [2.05, 4.69) is 5.32 Å². The Morgan fingerprint density at radius 3 is 2.57 bits per heavy atom. The fourth-order valence-corrected chi connectivity index (χ4v) is 0.869. The van der Waals surface area contributed by atoms with Gasteiger partial charge in [-0.3, -0.25) is 9.59 Å². The average molecular weight is 203 g/mol. The van der Waals surface area contributed by atoms with Crippen LogP contribution >= 0.6 is 0 Å². The number of hydrogen-bond donors (Lipinski definition) is 2. The molecular weight excluding hydrogens is 186 g/mol. The summed E-state index contributed by atoms with van der Waals surface area (Å²) in [4.78, 5) is 21.6. The minimum Gasteiger partial charge on any atom is -0.480 e. The first kappa shape index (κ1) is 12.9. The first-order chi connectivity index (χ1) is 6.61. The summed E-state index contributed by atoms with van der Waals surface area (Å²) in [6.07, 6.45) is 1.63. The summed E-state index contributed by atoms with van der Waals surface area (Å²) >= 11 is 0. The molecule has 82 valence electrons. The zero-order valence-corrected chi connectivity index (χ0v) is 8.58. The maximum atomic E-state index is 11.1. The van der Waals surface area contributed by atoms with Gasteiger partial charge in [0.05, 0.1) is 13.0 Å². The average Bonchev–Trinajstić information content (AvgIpc) is 2.14. The lowest BCUT2D eigenvalue weighted by Crippen LogP contribution is -2.36. The number of nitrogens with one attached hydrogen (secondary N) is 1. The van der Waals surface area contributed by atoms with Crippen LogP contribution in [-0.2, 0) is 14.3 Å². The highest BCUT2D eigenvalue weighted by Gasteiger charge is 2.19. The van der Waals surface area contributed by atoms with Gasteiger partial charge in [0.25, 0.3) is 0 Å². The van der Waals surface area contributed by atoms with Gasteiger partial charge in [-0.1, -0.05) is 13.3 Å². The second-order valence-electron chi connectivity index (χ2n) is 2.96. The van der Waals surface area contributed by atoms with Crippen LogP contribution < -0.4 is 5.32 Å². The van der Waals surface area contributed by atoms with E-state index in [4.69, 9.17) is 9.84 Å². The van der Waals surface area contributed by atoms with Crippen LogP contribution in [0.4, 0.5) is 0 Å². The van der Waals surface area contributed by atoms with Crippen molar-refractivity contribution in [3.8, 4) is 0 Å². The highest BCUT2D eigenvalue weighted by Crippen LogP contribution is 1.96. The van der Waals surface area contributed by atoms with Crippen LogP contribution in [0.2, 0.25) is 0 Å². The Balaban J connectivity index is 3.74. The Bertz CT molecular complexity index is 193. The molecule has 0 aliphatic heterocycles. The number of esters is 1. The van der Waals surface area contributed by atoms with Gasteiger partial charge in [0, 0.05) is 0 Å². The molecule has 0 unspecified atom stereocenters. The molecule has 0 saturated carbocycles. The van der Waals surface area contributed by atoms with E-state index in [9.17, 15) is 9.59 Å². The van der Waals surface area contributed by atoms with Crippen LogP contribution in [0.15, 0.2) is 0 Å². The number of carboxylic acids is 1. The molecule has 0 aromatic heterocycles. The first-order valence-electron chi connectivity index (χ1n) is 4.67. The van der Waals surface area contributed by atoms with E-state index in [0.29, 0.717) is 6.61 Å². The summed E-state index contributed by atoms with van der Waals surface area (Å²) in [6.45, 7) is 2.35. The molecule has 0 spiro atoms. The Morgan fingerprint density at radius 1 is 1.50 bits per heavy atom. The summed E-state index contributed by atoms with van der Waals surface area (Å²) in [5, 5.41) is 11.1. The van der Waals surface area contributed by atoms with Crippen molar-refractivity contribution in [2.75, 3.05) is 13.7 Å². The lowest BCUT2D eigenvalue weighted by molar-refractivity contribution is -0.149. The Labute approximate surface area is 83.4 Å². The standard InChI is InChI=1S/C9H17NO4/c1-3-4-5-14-8(11)6-7(10-2)9(12)13/h7,10H,3-6H2,1-2H3,(H,12,13)/t7-/m0/s1. The summed E-state index contributed by atoms with van der Waals surface area (Å²) in [5.74, 6) is -1.51. The van der Waals surface area contributed by atoms with Crippen LogP contribution in [0.3, 0.4) is 0 Å². The number of carbonyl (C=O) groups is 2. The van der Waals surface area contributed by atoms with E-state index in [0.717, 1.165) is 12.8 Å². The maximum absolute atomic E-state index is 11.1. The highest BCUT2D eigenvalue weighted by atomic mass is 16.5. The van der Waals surface area contributed by atoms with Gasteiger partial charge in [0.1, 0.15) is 6.04 Å². The zero-order valence-electron chi connectivity index (χ0n) is 8.58. The van der Waals surface area contributed by atoms with E-state index in [1.807, 2.05) is 6.92 Å². The van der Waals surface area contributed by atoms with Gasteiger partial charge >= 0.3 is 11.9 Å². The molecule has 5 nitrogen and oxygen atoms in total. The predicted octanol–water partition coefficient (Wildman–Crippen LogP) is 0.392. The van der Waals surface area contributed by atoms with Gasteiger partial charge < -0.3 is 15.2 Å². The molecule has 0 bridgehead atoms. The number of rotatable bonds is 7. The molecule has 0 amide bonds. The molecule has 0 heterocycles. The predicted molar refractivity (Wildman–Crippen MR) is 51.0 cm³/mol. The fourth-order valence-electron chi connectivity index (χ4n) is 0.869. The van der Waals surface area contributed by atoms with Crippen LogP contribution in [0.5, 0.6) is 0 Å². The molecule has 1 atom stereocenters. The van der Waals surface area contributed by atoms with Crippen molar-refractivity contribution in [2.24, 2.45) is 0 Å². The topological polar surface area (TPSA) is 75.6 Å². The maximum Gasteiger partial charge on any atom is 0.321 e. The molecule has 0 radical (unpaired) electrons. The lowest BCUT2D eigenvalue weighted by atomic mass is 10.2. The number of carbonyl (C=O) groups excluding carboxylic acids is 1. The molecule has 0 fully saturated rings. The molecule has 5 heteroatoms. The number of ether oxygens (including phenoxy) is 1. The minimum atomic E-state index is -1.04. The van der Waals surface area contributed by atoms with E-state index in [1.165, 1.54) is 7.05 Å². The number of hydrogen-bond acceptors (Lipinski definition) is 4. The fraction of sp³-hybridized carbons (Fsp3) is 0.778. The molecule has 0 saturated heterocycles. The van der Waals surface area contributed by atoms with Crippen LogP contribution in [0.1, 0.15) is 26.2 Å². The van der Waals surface area contributed by atoms with Gasteiger partial charge in [-0.25, -0.2) is 0 Å². The first-order valence-corrected chi connectivity index (χ1v) is 4.67. The Hall–Kier alpha value is -1.10. The van der Waals surface area contributed by atoms with Crippen LogP contribution in [-0.4, -0.2) is 36.7 Å². The van der Waals surface area contributed by atoms with Gasteiger partial charge in [0.15, 0.2) is 0 Å². The van der Waals surface area contributed by atoms with Crippen molar-refractivity contribution in [1.82, 2.24) is 5.32 Å². The van der Waals surface area contributed by atoms with E-state index < -0.39 is 18.0 Å². The van der Waals surface area contributed by atoms with E-state index in [1.54, 1.807) is 0 Å². The van der Waals surface area contributed by atoms with E-state index in [-0.39, 0.29) is 6.42 Å². The Kier molecular flexibility index (Phi) is 6.74. The summed E-state index contributed by atoms with van der Waals surface area (Å²) in [5.41, 5.74) is 0. The molecule has 0 aliphatic carbocycles. The van der Waals surface area contributed by atoms with Gasteiger partial charge in [-0.2, -0.15) is 0 Å². The normalized spacial score (nSPS) is 12.1. The SMILES string of the molecule is CCCCOC(=O)C[C@H](NC)C(=O)O. The van der Waals surface area contributed by atoms with Crippen LogP contribution in [0, 0.1) is 0 Å². The number of aliphatic carboxylic acids is 1. The molecule has 0 aliphatic rings. The number of unbranched alkanes of at least 4 members (excludes halogenated alkanes) is 1. The zero-order chi connectivity index (χ0) is 11.0. The molecule has 0 aromatic rings. The van der Waals surface area contributed by atoms with Crippen molar-refractivity contribution >= 4 is 11.9 Å². The quantitative estimate of drug-likeness (QED) is 0.462. The second kappa shape index (κ2) is 7.32. The second-order valence-corrected chi connectivity index (χ2v) is 2.96. The van der Waals surface area contributed by atoms with Crippen molar-refractivity contribution in [3.63, 3.8) is 0 Å². The van der Waals surface area contributed by atoms with Crippen LogP contribution in [0.25, 0.3) is 0 Å². The summed E-state index contributed by atoms with van der Waals surface area (Å²) in [6, 6.07) is -0.857. The number of carboxylic acid groups (broad SMARTS) is 1. The molecule has 14 heavy (non-hydrogen) atoms. The lowest BCUT2D eigenvalue weighted by Gasteiger charge is -2.10. The van der Waals surface area contributed by atoms with Crippen molar-refractivity contribution < 1.29 is 19.4 Å². The largest absolute Gasteiger partial charge is 0.480 e.